The SMILES string of the molecule is CCCc1cc(-c2nc(-c3ccc(C)c([N+](=O)[O-])c3)cs2)ccn1. The van der Waals surface area contributed by atoms with E-state index in [4.69, 9.17) is 0 Å². The van der Waals surface area contributed by atoms with Crippen LogP contribution in [0.1, 0.15) is 24.6 Å². The summed E-state index contributed by atoms with van der Waals surface area (Å²) in [5, 5.41) is 13.9. The second-order valence-corrected chi connectivity index (χ2v) is 6.44. The molecule has 0 saturated heterocycles. The molecular formula is C18H17N3O2S. The molecule has 0 fully saturated rings. The quantitative estimate of drug-likeness (QED) is 0.482. The van der Waals surface area contributed by atoms with Crippen LogP contribution >= 0.6 is 11.3 Å². The fourth-order valence-electron chi connectivity index (χ4n) is 2.51. The summed E-state index contributed by atoms with van der Waals surface area (Å²) in [6, 6.07) is 9.22. The predicted octanol–water partition coefficient (Wildman–Crippen LogP) is 5.04. The number of nitro benzene ring substituents is 1. The van der Waals surface area contributed by atoms with Gasteiger partial charge < -0.3 is 0 Å². The molecule has 24 heavy (non-hydrogen) atoms. The summed E-state index contributed by atoms with van der Waals surface area (Å²) in [5.41, 5.74) is 4.38. The van der Waals surface area contributed by atoms with Gasteiger partial charge in [0.2, 0.25) is 0 Å². The van der Waals surface area contributed by atoms with Crippen LogP contribution in [0.4, 0.5) is 5.69 Å². The van der Waals surface area contributed by atoms with E-state index in [0.717, 1.165) is 40.4 Å². The maximum Gasteiger partial charge on any atom is 0.272 e. The fourth-order valence-corrected chi connectivity index (χ4v) is 3.33. The third-order valence-electron chi connectivity index (χ3n) is 3.78. The van der Waals surface area contributed by atoms with E-state index in [2.05, 4.69) is 23.0 Å². The molecule has 3 rings (SSSR count). The Kier molecular flexibility index (Phi) is 4.66. The van der Waals surface area contributed by atoms with Gasteiger partial charge >= 0.3 is 0 Å². The highest BCUT2D eigenvalue weighted by Gasteiger charge is 2.14. The molecular weight excluding hydrogens is 322 g/mol. The Morgan fingerprint density at radius 3 is 2.79 bits per heavy atom. The molecule has 0 radical (unpaired) electrons. The van der Waals surface area contributed by atoms with Crippen LogP contribution in [0.25, 0.3) is 21.8 Å². The van der Waals surface area contributed by atoms with Gasteiger partial charge in [-0.05, 0) is 25.5 Å². The largest absolute Gasteiger partial charge is 0.272 e. The molecule has 2 heterocycles. The molecule has 0 aliphatic heterocycles. The molecule has 6 heteroatoms. The second kappa shape index (κ2) is 6.88. The molecule has 122 valence electrons. The predicted molar refractivity (Wildman–Crippen MR) is 96.2 cm³/mol. The number of nitrogens with zero attached hydrogens (tertiary/aromatic N) is 3. The van der Waals surface area contributed by atoms with E-state index in [9.17, 15) is 10.1 Å². The first-order chi connectivity index (χ1) is 11.6. The molecule has 1 aromatic carbocycles. The molecule has 0 amide bonds. The standard InChI is InChI=1S/C18H17N3O2S/c1-3-4-15-9-14(7-8-19-15)18-20-16(11-24-18)13-6-5-12(2)17(10-13)21(22)23/h5-11H,3-4H2,1-2H3. The first kappa shape index (κ1) is 16.3. The summed E-state index contributed by atoms with van der Waals surface area (Å²) >= 11 is 1.53. The lowest BCUT2D eigenvalue weighted by Crippen LogP contribution is -1.92. The van der Waals surface area contributed by atoms with E-state index >= 15 is 0 Å². The lowest BCUT2D eigenvalue weighted by Gasteiger charge is -2.01. The highest BCUT2D eigenvalue weighted by molar-refractivity contribution is 7.13. The van der Waals surface area contributed by atoms with Gasteiger partial charge in [-0.1, -0.05) is 25.5 Å². The summed E-state index contributed by atoms with van der Waals surface area (Å²) in [7, 11) is 0. The van der Waals surface area contributed by atoms with E-state index < -0.39 is 0 Å². The number of pyridine rings is 1. The van der Waals surface area contributed by atoms with Gasteiger partial charge in [0.1, 0.15) is 5.01 Å². The van der Waals surface area contributed by atoms with Crippen molar-refractivity contribution in [3.63, 3.8) is 0 Å². The third-order valence-corrected chi connectivity index (χ3v) is 4.67. The van der Waals surface area contributed by atoms with E-state index in [1.807, 2.05) is 17.5 Å². The Bertz CT molecular complexity index is 889. The molecule has 0 bridgehead atoms. The molecule has 5 nitrogen and oxygen atoms in total. The number of benzene rings is 1. The zero-order valence-corrected chi connectivity index (χ0v) is 14.3. The summed E-state index contributed by atoms with van der Waals surface area (Å²) in [6.07, 6.45) is 3.79. The van der Waals surface area contributed by atoms with E-state index in [1.54, 1.807) is 25.3 Å². The van der Waals surface area contributed by atoms with Crippen LogP contribution in [0, 0.1) is 17.0 Å². The average Bonchev–Trinajstić information content (AvgIpc) is 3.06. The molecule has 0 saturated carbocycles. The van der Waals surface area contributed by atoms with Crippen LogP contribution in [0.3, 0.4) is 0 Å². The fraction of sp³-hybridized carbons (Fsp3) is 0.222. The van der Waals surface area contributed by atoms with Crippen molar-refractivity contribution in [1.29, 1.82) is 0 Å². The number of aromatic nitrogens is 2. The number of hydrogen-bond donors (Lipinski definition) is 0. The Hall–Kier alpha value is -2.60. The van der Waals surface area contributed by atoms with Crippen LogP contribution in [-0.2, 0) is 6.42 Å². The van der Waals surface area contributed by atoms with Crippen LogP contribution in [-0.4, -0.2) is 14.9 Å². The van der Waals surface area contributed by atoms with Gasteiger partial charge in [-0.25, -0.2) is 4.98 Å². The Labute approximate surface area is 144 Å². The molecule has 3 aromatic rings. The van der Waals surface area contributed by atoms with E-state index in [0.29, 0.717) is 5.56 Å². The lowest BCUT2D eigenvalue weighted by atomic mass is 10.1. The van der Waals surface area contributed by atoms with Crippen LogP contribution < -0.4 is 0 Å². The van der Waals surface area contributed by atoms with Crippen LogP contribution in [0.15, 0.2) is 41.9 Å². The Balaban J connectivity index is 1.95. The van der Waals surface area contributed by atoms with Crippen molar-refractivity contribution < 1.29 is 4.92 Å². The van der Waals surface area contributed by atoms with Crippen molar-refractivity contribution in [1.82, 2.24) is 9.97 Å². The first-order valence-corrected chi connectivity index (χ1v) is 8.62. The minimum Gasteiger partial charge on any atom is -0.261 e. The first-order valence-electron chi connectivity index (χ1n) is 7.74. The van der Waals surface area contributed by atoms with Gasteiger partial charge in [0, 0.05) is 40.0 Å². The molecule has 0 aliphatic carbocycles. The zero-order chi connectivity index (χ0) is 17.1. The maximum atomic E-state index is 11.1. The number of aryl methyl sites for hydroxylation is 2. The van der Waals surface area contributed by atoms with Crippen LogP contribution in [0.2, 0.25) is 0 Å². The van der Waals surface area contributed by atoms with Crippen molar-refractivity contribution in [2.24, 2.45) is 0 Å². The number of thiazole rings is 1. The highest BCUT2D eigenvalue weighted by atomic mass is 32.1. The van der Waals surface area contributed by atoms with Crippen molar-refractivity contribution in [2.75, 3.05) is 0 Å². The van der Waals surface area contributed by atoms with E-state index in [1.165, 1.54) is 11.3 Å². The Morgan fingerprint density at radius 1 is 1.21 bits per heavy atom. The molecule has 0 aliphatic rings. The average molecular weight is 339 g/mol. The topological polar surface area (TPSA) is 68.9 Å². The van der Waals surface area contributed by atoms with Crippen molar-refractivity contribution >= 4 is 17.0 Å². The van der Waals surface area contributed by atoms with Gasteiger partial charge in [-0.2, -0.15) is 0 Å². The summed E-state index contributed by atoms with van der Waals surface area (Å²) in [5.74, 6) is 0. The smallest absolute Gasteiger partial charge is 0.261 e. The Morgan fingerprint density at radius 2 is 2.04 bits per heavy atom. The molecule has 0 unspecified atom stereocenters. The molecule has 0 N–H and O–H groups in total. The van der Waals surface area contributed by atoms with Crippen molar-refractivity contribution in [3.8, 4) is 21.8 Å². The van der Waals surface area contributed by atoms with Crippen molar-refractivity contribution in [3.05, 3.63) is 63.3 Å². The highest BCUT2D eigenvalue weighted by Crippen LogP contribution is 2.31. The van der Waals surface area contributed by atoms with Gasteiger partial charge in [-0.3, -0.25) is 15.1 Å². The lowest BCUT2D eigenvalue weighted by molar-refractivity contribution is -0.385. The van der Waals surface area contributed by atoms with Gasteiger partial charge in [-0.15, -0.1) is 11.3 Å². The maximum absolute atomic E-state index is 11.1. The zero-order valence-electron chi connectivity index (χ0n) is 13.5. The third kappa shape index (κ3) is 3.33. The summed E-state index contributed by atoms with van der Waals surface area (Å²) in [4.78, 5) is 19.8. The molecule has 0 spiro atoms. The summed E-state index contributed by atoms with van der Waals surface area (Å²) < 4.78 is 0. The normalized spacial score (nSPS) is 10.8. The number of rotatable bonds is 5. The van der Waals surface area contributed by atoms with Crippen molar-refractivity contribution in [2.45, 2.75) is 26.7 Å². The second-order valence-electron chi connectivity index (χ2n) is 5.58. The minimum absolute atomic E-state index is 0.121. The van der Waals surface area contributed by atoms with Gasteiger partial charge in [0.25, 0.3) is 5.69 Å². The number of nitro groups is 1. The van der Waals surface area contributed by atoms with E-state index in [-0.39, 0.29) is 10.6 Å². The van der Waals surface area contributed by atoms with Gasteiger partial charge in [0.15, 0.2) is 0 Å². The van der Waals surface area contributed by atoms with Gasteiger partial charge in [0.05, 0.1) is 10.6 Å². The molecule has 0 atom stereocenters. The summed E-state index contributed by atoms with van der Waals surface area (Å²) in [6.45, 7) is 3.86. The molecule has 2 aromatic heterocycles. The number of hydrogen-bond acceptors (Lipinski definition) is 5. The monoisotopic (exact) mass is 339 g/mol. The minimum atomic E-state index is -0.355. The van der Waals surface area contributed by atoms with Crippen LogP contribution in [0.5, 0.6) is 0 Å².